The SMILES string of the molecule is CCOC(=O)c1cccc(-c2ccoc2)c1. The van der Waals surface area contributed by atoms with E-state index in [-0.39, 0.29) is 5.97 Å². The fourth-order valence-electron chi connectivity index (χ4n) is 1.47. The van der Waals surface area contributed by atoms with E-state index >= 15 is 0 Å². The van der Waals surface area contributed by atoms with Gasteiger partial charge >= 0.3 is 5.97 Å². The highest BCUT2D eigenvalue weighted by atomic mass is 16.5. The second-order valence-corrected chi connectivity index (χ2v) is 3.31. The molecule has 0 saturated heterocycles. The Morgan fingerprint density at radius 1 is 1.31 bits per heavy atom. The highest BCUT2D eigenvalue weighted by molar-refractivity contribution is 5.91. The van der Waals surface area contributed by atoms with E-state index in [0.717, 1.165) is 11.1 Å². The van der Waals surface area contributed by atoms with Crippen LogP contribution in [-0.2, 0) is 4.74 Å². The second-order valence-electron chi connectivity index (χ2n) is 3.31. The number of carbonyl (C=O) groups excluding carboxylic acids is 1. The summed E-state index contributed by atoms with van der Waals surface area (Å²) in [4.78, 5) is 11.5. The average molecular weight is 216 g/mol. The quantitative estimate of drug-likeness (QED) is 0.740. The Hall–Kier alpha value is -2.03. The molecule has 0 spiro atoms. The Morgan fingerprint density at radius 2 is 2.19 bits per heavy atom. The first-order chi connectivity index (χ1) is 7.81. The molecule has 0 atom stereocenters. The summed E-state index contributed by atoms with van der Waals surface area (Å²) in [5.41, 5.74) is 2.45. The van der Waals surface area contributed by atoms with Crippen LogP contribution < -0.4 is 0 Å². The van der Waals surface area contributed by atoms with Crippen LogP contribution in [0.5, 0.6) is 0 Å². The maximum absolute atomic E-state index is 11.5. The minimum Gasteiger partial charge on any atom is -0.472 e. The average Bonchev–Trinajstić information content (AvgIpc) is 2.83. The maximum Gasteiger partial charge on any atom is 0.338 e. The van der Waals surface area contributed by atoms with Crippen molar-refractivity contribution in [1.82, 2.24) is 0 Å². The van der Waals surface area contributed by atoms with Crippen LogP contribution in [0.2, 0.25) is 0 Å². The molecule has 0 aliphatic rings. The van der Waals surface area contributed by atoms with Crippen LogP contribution in [0.25, 0.3) is 11.1 Å². The molecule has 0 aliphatic carbocycles. The Bertz CT molecular complexity index is 472. The standard InChI is InChI=1S/C13H12O3/c1-2-16-13(14)11-5-3-4-10(8-11)12-6-7-15-9-12/h3-9H,2H2,1H3. The molecule has 82 valence electrons. The van der Waals surface area contributed by atoms with Crippen LogP contribution in [0, 0.1) is 0 Å². The summed E-state index contributed by atoms with van der Waals surface area (Å²) in [6, 6.07) is 9.14. The van der Waals surface area contributed by atoms with Crippen LogP contribution in [0.4, 0.5) is 0 Å². The molecule has 1 aromatic heterocycles. The van der Waals surface area contributed by atoms with Crippen molar-refractivity contribution in [2.75, 3.05) is 6.61 Å². The molecule has 0 amide bonds. The lowest BCUT2D eigenvalue weighted by molar-refractivity contribution is 0.0526. The summed E-state index contributed by atoms with van der Waals surface area (Å²) in [7, 11) is 0. The third kappa shape index (κ3) is 2.14. The molecule has 0 unspecified atom stereocenters. The van der Waals surface area contributed by atoms with Crippen LogP contribution >= 0.6 is 0 Å². The van der Waals surface area contributed by atoms with E-state index in [1.807, 2.05) is 18.2 Å². The number of ether oxygens (including phenoxy) is 1. The molecular weight excluding hydrogens is 204 g/mol. The Balaban J connectivity index is 2.30. The van der Waals surface area contributed by atoms with E-state index in [1.165, 1.54) is 0 Å². The third-order valence-corrected chi connectivity index (χ3v) is 2.23. The molecule has 0 saturated carbocycles. The zero-order chi connectivity index (χ0) is 11.4. The molecule has 2 aromatic rings. The van der Waals surface area contributed by atoms with Crippen molar-refractivity contribution in [2.24, 2.45) is 0 Å². The molecule has 16 heavy (non-hydrogen) atoms. The van der Waals surface area contributed by atoms with Gasteiger partial charge in [-0.2, -0.15) is 0 Å². The van der Waals surface area contributed by atoms with E-state index in [9.17, 15) is 4.79 Å². The fourth-order valence-corrected chi connectivity index (χ4v) is 1.47. The number of hydrogen-bond acceptors (Lipinski definition) is 3. The minimum atomic E-state index is -0.298. The molecule has 0 N–H and O–H groups in total. The van der Waals surface area contributed by atoms with Crippen molar-refractivity contribution in [3.8, 4) is 11.1 Å². The van der Waals surface area contributed by atoms with Gasteiger partial charge in [0.25, 0.3) is 0 Å². The van der Waals surface area contributed by atoms with Gasteiger partial charge in [-0.25, -0.2) is 4.79 Å². The van der Waals surface area contributed by atoms with Crippen LogP contribution in [0.15, 0.2) is 47.3 Å². The number of furan rings is 1. The molecule has 1 aromatic carbocycles. The van der Waals surface area contributed by atoms with E-state index in [4.69, 9.17) is 9.15 Å². The topological polar surface area (TPSA) is 39.4 Å². The first kappa shape index (κ1) is 10.5. The van der Waals surface area contributed by atoms with Gasteiger partial charge in [-0.05, 0) is 30.7 Å². The lowest BCUT2D eigenvalue weighted by Gasteiger charge is -2.03. The number of esters is 1. The van der Waals surface area contributed by atoms with Crippen LogP contribution in [0.3, 0.4) is 0 Å². The number of carbonyl (C=O) groups is 1. The molecule has 0 fully saturated rings. The summed E-state index contributed by atoms with van der Waals surface area (Å²) in [5.74, 6) is -0.298. The lowest BCUT2D eigenvalue weighted by atomic mass is 10.1. The van der Waals surface area contributed by atoms with E-state index in [1.54, 1.807) is 31.6 Å². The van der Waals surface area contributed by atoms with Crippen molar-refractivity contribution in [3.63, 3.8) is 0 Å². The Morgan fingerprint density at radius 3 is 2.88 bits per heavy atom. The first-order valence-corrected chi connectivity index (χ1v) is 5.11. The van der Waals surface area contributed by atoms with Crippen molar-refractivity contribution in [3.05, 3.63) is 48.4 Å². The van der Waals surface area contributed by atoms with Crippen LogP contribution in [0.1, 0.15) is 17.3 Å². The highest BCUT2D eigenvalue weighted by Gasteiger charge is 2.07. The molecule has 2 rings (SSSR count). The summed E-state index contributed by atoms with van der Waals surface area (Å²) in [6.07, 6.45) is 3.25. The summed E-state index contributed by atoms with van der Waals surface area (Å²) in [6.45, 7) is 2.17. The van der Waals surface area contributed by atoms with Gasteiger partial charge in [0, 0.05) is 5.56 Å². The van der Waals surface area contributed by atoms with E-state index in [0.29, 0.717) is 12.2 Å². The van der Waals surface area contributed by atoms with Gasteiger partial charge in [0.2, 0.25) is 0 Å². The summed E-state index contributed by atoms with van der Waals surface area (Å²) >= 11 is 0. The molecule has 0 aliphatic heterocycles. The monoisotopic (exact) mass is 216 g/mol. The van der Waals surface area contributed by atoms with Gasteiger partial charge in [-0.15, -0.1) is 0 Å². The zero-order valence-electron chi connectivity index (χ0n) is 8.97. The smallest absolute Gasteiger partial charge is 0.338 e. The molecule has 1 heterocycles. The van der Waals surface area contributed by atoms with Gasteiger partial charge in [0.15, 0.2) is 0 Å². The van der Waals surface area contributed by atoms with Crippen molar-refractivity contribution in [2.45, 2.75) is 6.92 Å². The molecule has 3 nitrogen and oxygen atoms in total. The van der Waals surface area contributed by atoms with Crippen LogP contribution in [-0.4, -0.2) is 12.6 Å². The summed E-state index contributed by atoms with van der Waals surface area (Å²) < 4.78 is 9.94. The van der Waals surface area contributed by atoms with Gasteiger partial charge < -0.3 is 9.15 Å². The minimum absolute atomic E-state index is 0.298. The molecule has 0 bridgehead atoms. The highest BCUT2D eigenvalue weighted by Crippen LogP contribution is 2.20. The van der Waals surface area contributed by atoms with Crippen molar-refractivity contribution >= 4 is 5.97 Å². The van der Waals surface area contributed by atoms with Gasteiger partial charge in [-0.3, -0.25) is 0 Å². The van der Waals surface area contributed by atoms with E-state index in [2.05, 4.69) is 0 Å². The first-order valence-electron chi connectivity index (χ1n) is 5.11. The largest absolute Gasteiger partial charge is 0.472 e. The van der Waals surface area contributed by atoms with Gasteiger partial charge in [-0.1, -0.05) is 12.1 Å². The molecule has 0 radical (unpaired) electrons. The third-order valence-electron chi connectivity index (χ3n) is 2.23. The fraction of sp³-hybridized carbons (Fsp3) is 0.154. The Labute approximate surface area is 93.7 Å². The van der Waals surface area contributed by atoms with Crippen molar-refractivity contribution < 1.29 is 13.9 Å². The van der Waals surface area contributed by atoms with E-state index < -0.39 is 0 Å². The number of hydrogen-bond donors (Lipinski definition) is 0. The maximum atomic E-state index is 11.5. The zero-order valence-corrected chi connectivity index (χ0v) is 8.97. The Kier molecular flexibility index (Phi) is 3.05. The number of benzene rings is 1. The predicted molar refractivity (Wildman–Crippen MR) is 60.1 cm³/mol. The second kappa shape index (κ2) is 4.66. The lowest BCUT2D eigenvalue weighted by Crippen LogP contribution is -2.04. The van der Waals surface area contributed by atoms with Crippen molar-refractivity contribution in [1.29, 1.82) is 0 Å². The number of rotatable bonds is 3. The predicted octanol–water partition coefficient (Wildman–Crippen LogP) is 3.12. The molecular formula is C13H12O3. The normalized spacial score (nSPS) is 10.1. The van der Waals surface area contributed by atoms with Gasteiger partial charge in [0.1, 0.15) is 0 Å². The van der Waals surface area contributed by atoms with Gasteiger partial charge in [0.05, 0.1) is 24.7 Å². The summed E-state index contributed by atoms with van der Waals surface area (Å²) in [5, 5.41) is 0. The molecule has 3 heteroatoms.